The van der Waals surface area contributed by atoms with Gasteiger partial charge >= 0.3 is 0 Å². The number of hydrogen-bond donors (Lipinski definition) is 1. The van der Waals surface area contributed by atoms with Crippen LogP contribution in [0.4, 0.5) is 0 Å². The standard InChI is InChI=1S/C31H35NO7/c1-4-6-7-17-39-25-15-12-22(19-26(25)36-3)28-27(29(33)21-10-13-23(14-11-21)37-16-5-2)30(34)31(35)32(28)20-24-9-8-18-38-24/h8-15,18-19,28,33H,4-7,16-17,20H2,1-3H3/b29-27+. The second-order valence-electron chi connectivity index (χ2n) is 9.35. The first-order valence-electron chi connectivity index (χ1n) is 13.3. The maximum Gasteiger partial charge on any atom is 0.296 e. The topological polar surface area (TPSA) is 98.4 Å². The number of carbonyl (C=O) groups excluding carboxylic acids is 2. The van der Waals surface area contributed by atoms with Crippen LogP contribution in [-0.2, 0) is 16.1 Å². The predicted molar refractivity (Wildman–Crippen MR) is 147 cm³/mol. The Kier molecular flexibility index (Phi) is 9.31. The smallest absolute Gasteiger partial charge is 0.296 e. The van der Waals surface area contributed by atoms with Gasteiger partial charge in [-0.3, -0.25) is 9.59 Å². The number of likely N-dealkylation sites (tertiary alicyclic amines) is 1. The Morgan fingerprint density at radius 3 is 2.41 bits per heavy atom. The van der Waals surface area contributed by atoms with E-state index in [2.05, 4.69) is 6.92 Å². The Morgan fingerprint density at radius 1 is 0.949 bits per heavy atom. The zero-order chi connectivity index (χ0) is 27.8. The Hall–Kier alpha value is -4.20. The van der Waals surface area contributed by atoms with Crippen LogP contribution >= 0.6 is 0 Å². The van der Waals surface area contributed by atoms with Crippen molar-refractivity contribution in [3.05, 3.63) is 83.3 Å². The maximum absolute atomic E-state index is 13.4. The third kappa shape index (κ3) is 6.28. The van der Waals surface area contributed by atoms with Crippen molar-refractivity contribution in [3.8, 4) is 17.2 Å². The summed E-state index contributed by atoms with van der Waals surface area (Å²) in [5, 5.41) is 11.4. The minimum absolute atomic E-state index is 0.00699. The molecule has 0 aliphatic carbocycles. The van der Waals surface area contributed by atoms with Gasteiger partial charge in [0.2, 0.25) is 0 Å². The third-order valence-corrected chi connectivity index (χ3v) is 6.56. The molecule has 1 aliphatic heterocycles. The lowest BCUT2D eigenvalue weighted by molar-refractivity contribution is -0.140. The maximum atomic E-state index is 13.4. The molecule has 1 N–H and O–H groups in total. The van der Waals surface area contributed by atoms with E-state index in [0.717, 1.165) is 25.7 Å². The Morgan fingerprint density at radius 2 is 1.74 bits per heavy atom. The molecule has 206 valence electrons. The molecule has 4 rings (SSSR count). The van der Waals surface area contributed by atoms with Crippen LogP contribution in [0.3, 0.4) is 0 Å². The second kappa shape index (κ2) is 13.0. The number of benzene rings is 2. The first kappa shape index (κ1) is 27.8. The van der Waals surface area contributed by atoms with E-state index in [1.165, 1.54) is 11.2 Å². The van der Waals surface area contributed by atoms with Crippen LogP contribution in [0.15, 0.2) is 70.9 Å². The molecule has 8 nitrogen and oxygen atoms in total. The van der Waals surface area contributed by atoms with Gasteiger partial charge in [-0.15, -0.1) is 0 Å². The van der Waals surface area contributed by atoms with E-state index in [9.17, 15) is 14.7 Å². The van der Waals surface area contributed by atoms with Crippen molar-refractivity contribution in [1.29, 1.82) is 0 Å². The molecule has 0 radical (unpaired) electrons. The van der Waals surface area contributed by atoms with Crippen molar-refractivity contribution in [3.63, 3.8) is 0 Å². The summed E-state index contributed by atoms with van der Waals surface area (Å²) < 4.78 is 22.6. The lowest BCUT2D eigenvalue weighted by Crippen LogP contribution is -2.29. The molecule has 1 fully saturated rings. The quantitative estimate of drug-likeness (QED) is 0.120. The van der Waals surface area contributed by atoms with Gasteiger partial charge in [0.15, 0.2) is 11.5 Å². The van der Waals surface area contributed by atoms with Crippen molar-refractivity contribution in [2.24, 2.45) is 0 Å². The van der Waals surface area contributed by atoms with Crippen LogP contribution in [-0.4, -0.2) is 42.0 Å². The largest absolute Gasteiger partial charge is 0.507 e. The minimum atomic E-state index is -0.867. The second-order valence-corrected chi connectivity index (χ2v) is 9.35. The first-order chi connectivity index (χ1) is 19.0. The summed E-state index contributed by atoms with van der Waals surface area (Å²) in [6.45, 7) is 5.33. The fraction of sp³-hybridized carbons (Fsp3) is 0.355. The fourth-order valence-corrected chi connectivity index (χ4v) is 4.55. The number of methoxy groups -OCH3 is 1. The van der Waals surface area contributed by atoms with Gasteiger partial charge in [0.05, 0.1) is 44.7 Å². The molecule has 39 heavy (non-hydrogen) atoms. The number of hydrogen-bond acceptors (Lipinski definition) is 7. The van der Waals surface area contributed by atoms with Gasteiger partial charge < -0.3 is 28.6 Å². The summed E-state index contributed by atoms with van der Waals surface area (Å²) in [5.41, 5.74) is 0.998. The van der Waals surface area contributed by atoms with E-state index in [-0.39, 0.29) is 17.9 Å². The van der Waals surface area contributed by atoms with Crippen molar-refractivity contribution >= 4 is 17.4 Å². The van der Waals surface area contributed by atoms with Crippen molar-refractivity contribution in [1.82, 2.24) is 4.90 Å². The van der Waals surface area contributed by atoms with Gasteiger partial charge in [0.25, 0.3) is 11.7 Å². The van der Waals surface area contributed by atoms with E-state index in [4.69, 9.17) is 18.6 Å². The number of aliphatic hydroxyl groups is 1. The molecule has 3 aromatic rings. The molecule has 1 unspecified atom stereocenters. The Labute approximate surface area is 228 Å². The molecular weight excluding hydrogens is 498 g/mol. The zero-order valence-electron chi connectivity index (χ0n) is 22.6. The summed E-state index contributed by atoms with van der Waals surface area (Å²) in [6, 6.07) is 14.7. The molecule has 1 atom stereocenters. The van der Waals surface area contributed by atoms with Gasteiger partial charge in [-0.2, -0.15) is 0 Å². The highest BCUT2D eigenvalue weighted by Gasteiger charge is 2.46. The molecular formula is C31H35NO7. The van der Waals surface area contributed by atoms with Crippen molar-refractivity contribution in [2.45, 2.75) is 52.1 Å². The minimum Gasteiger partial charge on any atom is -0.507 e. The monoisotopic (exact) mass is 533 g/mol. The van der Waals surface area contributed by atoms with Gasteiger partial charge in [0, 0.05) is 5.56 Å². The molecule has 0 bridgehead atoms. The number of furan rings is 1. The highest BCUT2D eigenvalue weighted by atomic mass is 16.5. The number of rotatable bonds is 13. The van der Waals surface area contributed by atoms with E-state index >= 15 is 0 Å². The van der Waals surface area contributed by atoms with E-state index in [1.807, 2.05) is 6.92 Å². The van der Waals surface area contributed by atoms with Gasteiger partial charge in [-0.05, 0) is 66.9 Å². The molecule has 8 heteroatoms. The molecule has 2 aromatic carbocycles. The molecule has 1 aliphatic rings. The van der Waals surface area contributed by atoms with Gasteiger partial charge in [0.1, 0.15) is 17.3 Å². The van der Waals surface area contributed by atoms with E-state index < -0.39 is 17.7 Å². The summed E-state index contributed by atoms with van der Waals surface area (Å²) in [5.74, 6) is 0.466. The average Bonchev–Trinajstić information content (AvgIpc) is 3.56. The lowest BCUT2D eigenvalue weighted by Gasteiger charge is -2.25. The van der Waals surface area contributed by atoms with E-state index in [0.29, 0.717) is 47.3 Å². The number of Topliss-reactive ketones (excluding diaryl/α,β-unsaturated/α-hetero) is 1. The summed E-state index contributed by atoms with van der Waals surface area (Å²) in [6.07, 6.45) is 5.45. The number of aliphatic hydroxyl groups excluding tert-OH is 1. The highest BCUT2D eigenvalue weighted by molar-refractivity contribution is 6.46. The molecule has 1 aromatic heterocycles. The first-order valence-corrected chi connectivity index (χ1v) is 13.3. The molecule has 0 spiro atoms. The number of nitrogens with zero attached hydrogens (tertiary/aromatic N) is 1. The van der Waals surface area contributed by atoms with Crippen LogP contribution in [0.1, 0.15) is 62.5 Å². The number of ketones is 1. The highest BCUT2D eigenvalue weighted by Crippen LogP contribution is 2.43. The molecule has 1 saturated heterocycles. The molecule has 0 saturated carbocycles. The van der Waals surface area contributed by atoms with E-state index in [1.54, 1.807) is 61.7 Å². The summed E-state index contributed by atoms with van der Waals surface area (Å²) in [7, 11) is 1.54. The SMILES string of the molecule is CCCCCOc1ccc(C2/C(=C(\O)c3ccc(OCCC)cc3)C(=O)C(=O)N2Cc2ccco2)cc1OC. The molecule has 1 amide bonds. The fourth-order valence-electron chi connectivity index (χ4n) is 4.55. The zero-order valence-corrected chi connectivity index (χ0v) is 22.6. The van der Waals surface area contributed by atoms with Crippen LogP contribution in [0, 0.1) is 0 Å². The third-order valence-electron chi connectivity index (χ3n) is 6.56. The number of carbonyl (C=O) groups is 2. The van der Waals surface area contributed by atoms with Gasteiger partial charge in [-0.1, -0.05) is 32.8 Å². The normalized spacial score (nSPS) is 16.5. The number of amides is 1. The lowest BCUT2D eigenvalue weighted by atomic mass is 9.95. The van der Waals surface area contributed by atoms with Crippen molar-refractivity contribution < 1.29 is 33.3 Å². The Bertz CT molecular complexity index is 1290. The Balaban J connectivity index is 1.75. The average molecular weight is 534 g/mol. The number of ether oxygens (including phenoxy) is 3. The van der Waals surface area contributed by atoms with Crippen LogP contribution in [0.25, 0.3) is 5.76 Å². The van der Waals surface area contributed by atoms with Gasteiger partial charge in [-0.25, -0.2) is 0 Å². The summed E-state index contributed by atoms with van der Waals surface area (Å²) in [4.78, 5) is 28.0. The van der Waals surface area contributed by atoms with Crippen LogP contribution < -0.4 is 14.2 Å². The number of unbranched alkanes of at least 4 members (excludes halogenated alkanes) is 2. The van der Waals surface area contributed by atoms with Crippen LogP contribution in [0.2, 0.25) is 0 Å². The molecule has 2 heterocycles. The van der Waals surface area contributed by atoms with Crippen LogP contribution in [0.5, 0.6) is 17.2 Å². The van der Waals surface area contributed by atoms with Crippen molar-refractivity contribution in [2.75, 3.05) is 20.3 Å². The summed E-state index contributed by atoms with van der Waals surface area (Å²) >= 11 is 0. The predicted octanol–water partition coefficient (Wildman–Crippen LogP) is 6.27.